The van der Waals surface area contributed by atoms with Gasteiger partial charge in [0.2, 0.25) is 0 Å². The van der Waals surface area contributed by atoms with Crippen LogP contribution >= 0.6 is 0 Å². The van der Waals surface area contributed by atoms with Crippen LogP contribution in [-0.4, -0.2) is 39.1 Å². The molecular weight excluding hydrogens is 228 g/mol. The van der Waals surface area contributed by atoms with Crippen LogP contribution in [0.25, 0.3) is 11.2 Å². The molecule has 18 heavy (non-hydrogen) atoms. The van der Waals surface area contributed by atoms with Crippen molar-refractivity contribution in [1.82, 2.24) is 19.9 Å². The minimum absolute atomic E-state index is 0.481. The van der Waals surface area contributed by atoms with Crippen LogP contribution in [0.4, 0.5) is 5.82 Å². The van der Waals surface area contributed by atoms with Crippen molar-refractivity contribution < 1.29 is 0 Å². The lowest BCUT2D eigenvalue weighted by Gasteiger charge is -2.38. The lowest BCUT2D eigenvalue weighted by molar-refractivity contribution is 0.372. The Labute approximate surface area is 106 Å². The molecule has 3 rings (SSSR count). The van der Waals surface area contributed by atoms with Crippen molar-refractivity contribution in [2.75, 3.05) is 18.0 Å². The number of anilines is 1. The largest absolute Gasteiger partial charge is 0.352 e. The molecule has 0 saturated carbocycles. The van der Waals surface area contributed by atoms with Crippen LogP contribution in [0.15, 0.2) is 12.7 Å². The van der Waals surface area contributed by atoms with E-state index in [0.717, 1.165) is 36.5 Å². The Morgan fingerprint density at radius 2 is 2.28 bits per heavy atom. The quantitative estimate of drug-likeness (QED) is 0.823. The molecule has 6 nitrogen and oxygen atoms in total. The highest BCUT2D eigenvalue weighted by Crippen LogP contribution is 2.28. The molecule has 1 fully saturated rings. The minimum Gasteiger partial charge on any atom is -0.352 e. The Kier molecular flexibility index (Phi) is 2.87. The molecule has 3 heterocycles. The molecule has 0 aliphatic carbocycles. The van der Waals surface area contributed by atoms with Crippen molar-refractivity contribution in [2.24, 2.45) is 11.7 Å². The van der Waals surface area contributed by atoms with E-state index in [4.69, 9.17) is 5.73 Å². The normalized spacial score (nSPS) is 24.7. The molecule has 0 bridgehead atoms. The minimum atomic E-state index is 0.481. The number of hydrogen-bond donors (Lipinski definition) is 2. The monoisotopic (exact) mass is 246 g/mol. The summed E-state index contributed by atoms with van der Waals surface area (Å²) >= 11 is 0. The SMILES string of the molecule is CC1CCC(CN)CN1c1ncnc2nc[nH]c12. The zero-order valence-electron chi connectivity index (χ0n) is 10.5. The average Bonchev–Trinajstić information content (AvgIpc) is 2.87. The molecule has 96 valence electrons. The van der Waals surface area contributed by atoms with Crippen molar-refractivity contribution in [2.45, 2.75) is 25.8 Å². The van der Waals surface area contributed by atoms with Crippen LogP contribution < -0.4 is 10.6 Å². The first kappa shape index (κ1) is 11.4. The summed E-state index contributed by atoms with van der Waals surface area (Å²) in [5, 5.41) is 0. The maximum Gasteiger partial charge on any atom is 0.182 e. The van der Waals surface area contributed by atoms with E-state index in [2.05, 4.69) is 31.8 Å². The molecule has 3 N–H and O–H groups in total. The van der Waals surface area contributed by atoms with Gasteiger partial charge in [-0.25, -0.2) is 15.0 Å². The third-order valence-corrected chi connectivity index (χ3v) is 3.79. The number of aromatic amines is 1. The number of rotatable bonds is 2. The Hall–Kier alpha value is -1.69. The van der Waals surface area contributed by atoms with Crippen molar-refractivity contribution in [1.29, 1.82) is 0 Å². The Bertz CT molecular complexity index is 536. The van der Waals surface area contributed by atoms with Crippen molar-refractivity contribution in [3.05, 3.63) is 12.7 Å². The van der Waals surface area contributed by atoms with Gasteiger partial charge in [0.15, 0.2) is 11.5 Å². The van der Waals surface area contributed by atoms with Crippen LogP contribution in [0.5, 0.6) is 0 Å². The van der Waals surface area contributed by atoms with Gasteiger partial charge < -0.3 is 15.6 Å². The van der Waals surface area contributed by atoms with Crippen molar-refractivity contribution >= 4 is 17.0 Å². The summed E-state index contributed by atoms with van der Waals surface area (Å²) in [4.78, 5) is 18.2. The van der Waals surface area contributed by atoms with E-state index in [1.54, 1.807) is 12.7 Å². The Morgan fingerprint density at radius 3 is 3.11 bits per heavy atom. The number of aromatic nitrogens is 4. The highest BCUT2D eigenvalue weighted by molar-refractivity contribution is 5.82. The van der Waals surface area contributed by atoms with E-state index < -0.39 is 0 Å². The third kappa shape index (κ3) is 1.82. The standard InChI is InChI=1S/C12H18N6/c1-8-2-3-9(4-13)5-18(8)12-10-11(15-6-14-10)16-7-17-12/h6-9H,2-5,13H2,1H3,(H,14,15,16,17). The topological polar surface area (TPSA) is 83.7 Å². The number of imidazole rings is 1. The molecule has 2 aromatic heterocycles. The molecule has 0 amide bonds. The molecule has 2 atom stereocenters. The Balaban J connectivity index is 1.99. The van der Waals surface area contributed by atoms with Crippen LogP contribution in [0.2, 0.25) is 0 Å². The molecule has 1 saturated heterocycles. The molecule has 2 aromatic rings. The zero-order valence-corrected chi connectivity index (χ0v) is 10.5. The Morgan fingerprint density at radius 1 is 1.39 bits per heavy atom. The maximum absolute atomic E-state index is 5.80. The third-order valence-electron chi connectivity index (χ3n) is 3.79. The number of nitrogens with zero attached hydrogens (tertiary/aromatic N) is 4. The second kappa shape index (κ2) is 4.53. The molecule has 1 aliphatic rings. The molecule has 1 aliphatic heterocycles. The van der Waals surface area contributed by atoms with Crippen LogP contribution in [0.3, 0.4) is 0 Å². The summed E-state index contributed by atoms with van der Waals surface area (Å²) in [5.74, 6) is 1.50. The molecule has 0 spiro atoms. The van der Waals surface area contributed by atoms with Crippen molar-refractivity contribution in [3.63, 3.8) is 0 Å². The molecular formula is C12H18N6. The first-order valence-corrected chi connectivity index (χ1v) is 6.40. The van der Waals surface area contributed by atoms with Gasteiger partial charge in [0, 0.05) is 12.6 Å². The summed E-state index contributed by atoms with van der Waals surface area (Å²) in [6.07, 6.45) is 5.60. The van der Waals surface area contributed by atoms with Gasteiger partial charge in [-0.1, -0.05) is 0 Å². The number of piperidine rings is 1. The lowest BCUT2D eigenvalue weighted by Crippen LogP contribution is -2.44. The van der Waals surface area contributed by atoms with E-state index in [9.17, 15) is 0 Å². The summed E-state index contributed by atoms with van der Waals surface area (Å²) in [6.45, 7) is 3.93. The van der Waals surface area contributed by atoms with Crippen LogP contribution in [-0.2, 0) is 0 Å². The summed E-state index contributed by atoms with van der Waals surface area (Å²) < 4.78 is 0. The average molecular weight is 246 g/mol. The van der Waals surface area contributed by atoms with Crippen LogP contribution in [0, 0.1) is 5.92 Å². The summed E-state index contributed by atoms with van der Waals surface area (Å²) in [5.41, 5.74) is 7.44. The fraction of sp³-hybridized carbons (Fsp3) is 0.583. The molecule has 2 unspecified atom stereocenters. The van der Waals surface area contributed by atoms with E-state index in [0.29, 0.717) is 12.0 Å². The fourth-order valence-corrected chi connectivity index (χ4v) is 2.64. The fourth-order valence-electron chi connectivity index (χ4n) is 2.64. The molecule has 6 heteroatoms. The van der Waals surface area contributed by atoms with Crippen LogP contribution in [0.1, 0.15) is 19.8 Å². The number of nitrogens with two attached hydrogens (primary N) is 1. The summed E-state index contributed by atoms with van der Waals surface area (Å²) in [6, 6.07) is 0.481. The smallest absolute Gasteiger partial charge is 0.182 e. The predicted molar refractivity (Wildman–Crippen MR) is 70.3 cm³/mol. The zero-order chi connectivity index (χ0) is 12.5. The number of nitrogens with one attached hydrogen (secondary N) is 1. The highest BCUT2D eigenvalue weighted by atomic mass is 15.2. The van der Waals surface area contributed by atoms with Gasteiger partial charge in [-0.2, -0.15) is 0 Å². The molecule has 0 radical (unpaired) electrons. The first-order valence-electron chi connectivity index (χ1n) is 6.40. The van der Waals surface area contributed by atoms with E-state index in [1.807, 2.05) is 0 Å². The van der Waals surface area contributed by atoms with Gasteiger partial charge in [0.25, 0.3) is 0 Å². The van der Waals surface area contributed by atoms with Gasteiger partial charge >= 0.3 is 0 Å². The maximum atomic E-state index is 5.80. The predicted octanol–water partition coefficient (Wildman–Crippen LogP) is 0.916. The van der Waals surface area contributed by atoms with E-state index in [-0.39, 0.29) is 0 Å². The lowest BCUT2D eigenvalue weighted by atomic mass is 9.93. The van der Waals surface area contributed by atoms with Gasteiger partial charge in [-0.15, -0.1) is 0 Å². The second-order valence-corrected chi connectivity index (χ2v) is 4.98. The first-order chi connectivity index (χ1) is 8.79. The highest BCUT2D eigenvalue weighted by Gasteiger charge is 2.27. The number of fused-ring (bicyclic) bond motifs is 1. The summed E-state index contributed by atoms with van der Waals surface area (Å²) in [7, 11) is 0. The van der Waals surface area contributed by atoms with Gasteiger partial charge in [0.05, 0.1) is 6.33 Å². The number of H-pyrrole nitrogens is 1. The van der Waals surface area contributed by atoms with Gasteiger partial charge in [-0.05, 0) is 32.2 Å². The van der Waals surface area contributed by atoms with Gasteiger partial charge in [-0.3, -0.25) is 0 Å². The van der Waals surface area contributed by atoms with E-state index in [1.165, 1.54) is 6.42 Å². The van der Waals surface area contributed by atoms with E-state index >= 15 is 0 Å². The number of hydrogen-bond acceptors (Lipinski definition) is 5. The second-order valence-electron chi connectivity index (χ2n) is 4.98. The van der Waals surface area contributed by atoms with Gasteiger partial charge in [0.1, 0.15) is 11.8 Å². The van der Waals surface area contributed by atoms with Crippen molar-refractivity contribution in [3.8, 4) is 0 Å². The molecule has 0 aromatic carbocycles.